The number of carbonyl (C=O) groups is 2. The molecule has 0 saturated heterocycles. The van der Waals surface area contributed by atoms with E-state index in [1.54, 1.807) is 6.92 Å². The van der Waals surface area contributed by atoms with E-state index in [9.17, 15) is 9.59 Å². The number of halogens is 1. The second kappa shape index (κ2) is 5.37. The smallest absolute Gasteiger partial charge is 0.411 e. The normalized spacial score (nSPS) is 9.62. The number of anilines is 1. The predicted octanol–water partition coefficient (Wildman–Crippen LogP) is 2.61. The van der Waals surface area contributed by atoms with Gasteiger partial charge in [0.05, 0.1) is 22.9 Å². The van der Waals surface area contributed by atoms with E-state index < -0.39 is 12.1 Å². The van der Waals surface area contributed by atoms with E-state index in [-0.39, 0.29) is 17.2 Å². The lowest BCUT2D eigenvalue weighted by molar-refractivity contribution is 0.0697. The molecule has 0 fully saturated rings. The number of carboxylic acid groups (broad SMARTS) is 1. The number of rotatable bonds is 3. The highest BCUT2D eigenvalue weighted by molar-refractivity contribution is 6.34. The van der Waals surface area contributed by atoms with Crippen LogP contribution in [0.25, 0.3) is 0 Å². The van der Waals surface area contributed by atoms with Crippen molar-refractivity contribution >= 4 is 29.4 Å². The fourth-order valence-electron chi connectivity index (χ4n) is 1.03. The SMILES string of the molecule is CCOC(=O)Nc1ccc(C(=O)O)cc1Cl. The van der Waals surface area contributed by atoms with Crippen molar-refractivity contribution in [3.8, 4) is 0 Å². The first-order valence-corrected chi connectivity index (χ1v) is 4.89. The molecule has 86 valence electrons. The summed E-state index contributed by atoms with van der Waals surface area (Å²) in [4.78, 5) is 21.7. The van der Waals surface area contributed by atoms with Crippen molar-refractivity contribution in [3.05, 3.63) is 28.8 Å². The molecule has 16 heavy (non-hydrogen) atoms. The molecule has 0 bridgehead atoms. The number of ether oxygens (including phenoxy) is 1. The van der Waals surface area contributed by atoms with Crippen LogP contribution < -0.4 is 5.32 Å². The van der Waals surface area contributed by atoms with Gasteiger partial charge in [-0.15, -0.1) is 0 Å². The molecule has 1 amide bonds. The van der Waals surface area contributed by atoms with Gasteiger partial charge in [-0.05, 0) is 25.1 Å². The minimum absolute atomic E-state index is 0.0550. The summed E-state index contributed by atoms with van der Waals surface area (Å²) in [5, 5.41) is 11.2. The standard InChI is InChI=1S/C10H10ClNO4/c1-2-16-10(15)12-8-4-3-6(9(13)14)5-7(8)11/h3-5H,2H2,1H3,(H,12,15)(H,13,14). The lowest BCUT2D eigenvalue weighted by Crippen LogP contribution is -2.13. The monoisotopic (exact) mass is 243 g/mol. The highest BCUT2D eigenvalue weighted by atomic mass is 35.5. The maximum Gasteiger partial charge on any atom is 0.411 e. The zero-order valence-corrected chi connectivity index (χ0v) is 9.25. The second-order valence-electron chi connectivity index (χ2n) is 2.85. The summed E-state index contributed by atoms with van der Waals surface area (Å²) >= 11 is 5.78. The van der Waals surface area contributed by atoms with E-state index in [1.165, 1.54) is 18.2 Å². The van der Waals surface area contributed by atoms with Gasteiger partial charge in [-0.3, -0.25) is 5.32 Å². The Kier molecular flexibility index (Phi) is 4.13. The molecule has 0 radical (unpaired) electrons. The molecule has 0 aliphatic carbocycles. The molecule has 1 rings (SSSR count). The van der Waals surface area contributed by atoms with Gasteiger partial charge in [0.25, 0.3) is 0 Å². The Bertz CT molecular complexity index is 419. The number of aromatic carboxylic acids is 1. The molecule has 0 spiro atoms. The number of nitrogens with one attached hydrogen (secondary N) is 1. The molecule has 0 aliphatic rings. The largest absolute Gasteiger partial charge is 0.478 e. The van der Waals surface area contributed by atoms with Gasteiger partial charge in [0, 0.05) is 0 Å². The molecule has 6 heteroatoms. The van der Waals surface area contributed by atoms with Crippen molar-refractivity contribution in [1.82, 2.24) is 0 Å². The fraction of sp³-hybridized carbons (Fsp3) is 0.200. The second-order valence-corrected chi connectivity index (χ2v) is 3.25. The number of hydrogen-bond acceptors (Lipinski definition) is 3. The minimum atomic E-state index is -1.08. The maximum absolute atomic E-state index is 11.1. The summed E-state index contributed by atoms with van der Waals surface area (Å²) in [6.07, 6.45) is -0.632. The van der Waals surface area contributed by atoms with Crippen LogP contribution in [0.15, 0.2) is 18.2 Å². The quantitative estimate of drug-likeness (QED) is 0.856. The van der Waals surface area contributed by atoms with Crippen molar-refractivity contribution in [2.24, 2.45) is 0 Å². The highest BCUT2D eigenvalue weighted by Gasteiger charge is 2.09. The van der Waals surface area contributed by atoms with E-state index in [0.29, 0.717) is 5.69 Å². The Morgan fingerprint density at radius 1 is 1.50 bits per heavy atom. The van der Waals surface area contributed by atoms with E-state index in [2.05, 4.69) is 10.1 Å². The third kappa shape index (κ3) is 3.13. The van der Waals surface area contributed by atoms with Crippen LogP contribution in [0.2, 0.25) is 5.02 Å². The van der Waals surface area contributed by atoms with Gasteiger partial charge in [0.15, 0.2) is 0 Å². The van der Waals surface area contributed by atoms with Crippen LogP contribution in [0, 0.1) is 0 Å². The zero-order valence-electron chi connectivity index (χ0n) is 8.49. The molecule has 0 atom stereocenters. The Morgan fingerprint density at radius 3 is 2.69 bits per heavy atom. The lowest BCUT2D eigenvalue weighted by atomic mass is 10.2. The molecule has 0 heterocycles. The summed E-state index contributed by atoms with van der Waals surface area (Å²) in [7, 11) is 0. The van der Waals surface area contributed by atoms with Crippen molar-refractivity contribution in [2.75, 3.05) is 11.9 Å². The average molecular weight is 244 g/mol. The number of amides is 1. The fourth-order valence-corrected chi connectivity index (χ4v) is 1.25. The topological polar surface area (TPSA) is 75.6 Å². The van der Waals surface area contributed by atoms with Gasteiger partial charge < -0.3 is 9.84 Å². The van der Waals surface area contributed by atoms with Gasteiger partial charge in [-0.25, -0.2) is 9.59 Å². The number of carbonyl (C=O) groups excluding carboxylic acids is 1. The van der Waals surface area contributed by atoms with Crippen molar-refractivity contribution in [2.45, 2.75) is 6.92 Å². The van der Waals surface area contributed by atoms with Crippen LogP contribution >= 0.6 is 11.6 Å². The molecular weight excluding hydrogens is 234 g/mol. The van der Waals surface area contributed by atoms with Gasteiger partial charge in [-0.2, -0.15) is 0 Å². The van der Waals surface area contributed by atoms with Crippen LogP contribution in [-0.2, 0) is 4.74 Å². The average Bonchev–Trinajstić information content (AvgIpc) is 2.21. The molecule has 0 aliphatic heterocycles. The third-order valence-electron chi connectivity index (χ3n) is 1.73. The van der Waals surface area contributed by atoms with E-state index in [1.807, 2.05) is 0 Å². The van der Waals surface area contributed by atoms with Crippen molar-refractivity contribution < 1.29 is 19.4 Å². The summed E-state index contributed by atoms with van der Waals surface area (Å²) in [5.41, 5.74) is 0.365. The third-order valence-corrected chi connectivity index (χ3v) is 2.04. The molecule has 0 aromatic heterocycles. The summed E-state index contributed by atoms with van der Waals surface area (Å²) in [5.74, 6) is -1.08. The molecule has 0 unspecified atom stereocenters. The Balaban J connectivity index is 2.83. The highest BCUT2D eigenvalue weighted by Crippen LogP contribution is 2.23. The molecule has 5 nitrogen and oxygen atoms in total. The molecule has 1 aromatic carbocycles. The van der Waals surface area contributed by atoms with Crippen molar-refractivity contribution in [1.29, 1.82) is 0 Å². The van der Waals surface area contributed by atoms with Crippen LogP contribution in [0.3, 0.4) is 0 Å². The van der Waals surface area contributed by atoms with Gasteiger partial charge in [-0.1, -0.05) is 11.6 Å². The van der Waals surface area contributed by atoms with Gasteiger partial charge in [0.2, 0.25) is 0 Å². The van der Waals surface area contributed by atoms with E-state index in [4.69, 9.17) is 16.7 Å². The van der Waals surface area contributed by atoms with Crippen LogP contribution in [-0.4, -0.2) is 23.8 Å². The summed E-state index contributed by atoms with van der Waals surface area (Å²) in [6.45, 7) is 1.92. The maximum atomic E-state index is 11.1. The van der Waals surface area contributed by atoms with Crippen LogP contribution in [0.5, 0.6) is 0 Å². The molecule has 1 aromatic rings. The van der Waals surface area contributed by atoms with Gasteiger partial charge in [0.1, 0.15) is 0 Å². The van der Waals surface area contributed by atoms with E-state index in [0.717, 1.165) is 0 Å². The van der Waals surface area contributed by atoms with Crippen molar-refractivity contribution in [3.63, 3.8) is 0 Å². The first kappa shape index (κ1) is 12.3. The number of hydrogen-bond donors (Lipinski definition) is 2. The van der Waals surface area contributed by atoms with Crippen LogP contribution in [0.4, 0.5) is 10.5 Å². The zero-order chi connectivity index (χ0) is 12.1. The van der Waals surface area contributed by atoms with Gasteiger partial charge >= 0.3 is 12.1 Å². The Labute approximate surface area is 97.0 Å². The first-order valence-electron chi connectivity index (χ1n) is 4.51. The summed E-state index contributed by atoms with van der Waals surface area (Å²) < 4.78 is 4.65. The first-order chi connectivity index (χ1) is 7.54. The lowest BCUT2D eigenvalue weighted by Gasteiger charge is -2.07. The predicted molar refractivity (Wildman–Crippen MR) is 59.1 cm³/mol. The molecular formula is C10H10ClNO4. The molecule has 2 N–H and O–H groups in total. The van der Waals surface area contributed by atoms with E-state index >= 15 is 0 Å². The minimum Gasteiger partial charge on any atom is -0.478 e. The Hall–Kier alpha value is -1.75. The van der Waals surface area contributed by atoms with Crippen LogP contribution in [0.1, 0.15) is 17.3 Å². The molecule has 0 saturated carbocycles. The Morgan fingerprint density at radius 2 is 2.19 bits per heavy atom. The summed E-state index contributed by atoms with van der Waals surface area (Å²) in [6, 6.07) is 4.00. The number of benzene rings is 1. The number of carboxylic acids is 1.